The van der Waals surface area contributed by atoms with Crippen LogP contribution in [-0.2, 0) is 29.0 Å². The van der Waals surface area contributed by atoms with Gasteiger partial charge in [0.2, 0.25) is 0 Å². The van der Waals surface area contributed by atoms with Crippen LogP contribution in [0.2, 0.25) is 0 Å². The van der Waals surface area contributed by atoms with Gasteiger partial charge in [-0.3, -0.25) is 4.79 Å². The lowest BCUT2D eigenvalue weighted by molar-refractivity contribution is -0.141. The van der Waals surface area contributed by atoms with Gasteiger partial charge in [0.25, 0.3) is 0 Å². The molecule has 0 spiro atoms. The minimum atomic E-state index is -0.296. The highest BCUT2D eigenvalue weighted by Crippen LogP contribution is 2.33. The molecule has 0 radical (unpaired) electrons. The van der Waals surface area contributed by atoms with Gasteiger partial charge < -0.3 is 24.8 Å². The third-order valence-electron chi connectivity index (χ3n) is 4.82. The fraction of sp³-hybridized carbons (Fsp3) is 0.350. The summed E-state index contributed by atoms with van der Waals surface area (Å²) < 4.78 is 10.4. The van der Waals surface area contributed by atoms with Crippen molar-refractivity contribution in [1.82, 2.24) is 0 Å². The molecule has 2 aromatic rings. The summed E-state index contributed by atoms with van der Waals surface area (Å²) in [5.41, 5.74) is 2.28. The van der Waals surface area contributed by atoms with Gasteiger partial charge in [0.1, 0.15) is 5.75 Å². The Bertz CT molecular complexity index is 801. The van der Waals surface area contributed by atoms with E-state index in [1.54, 1.807) is 36.4 Å². The summed E-state index contributed by atoms with van der Waals surface area (Å²) in [7, 11) is 1.48. The van der Waals surface area contributed by atoms with Crippen LogP contribution in [0.4, 0.5) is 0 Å². The zero-order chi connectivity index (χ0) is 18.7. The molecule has 0 amide bonds. The van der Waals surface area contributed by atoms with E-state index in [0.717, 1.165) is 11.1 Å². The van der Waals surface area contributed by atoms with Gasteiger partial charge in [-0.2, -0.15) is 0 Å². The summed E-state index contributed by atoms with van der Waals surface area (Å²) in [4.78, 5) is 12.2. The second-order valence-electron chi connectivity index (χ2n) is 6.53. The van der Waals surface area contributed by atoms with Crippen molar-refractivity contribution in [2.75, 3.05) is 13.7 Å². The molecular weight excluding hydrogens is 336 g/mol. The van der Waals surface area contributed by atoms with Gasteiger partial charge in [-0.15, -0.1) is 0 Å². The average Bonchev–Trinajstić information content (AvgIpc) is 2.98. The molecule has 1 aliphatic rings. The lowest BCUT2D eigenvalue weighted by atomic mass is 9.84. The first kappa shape index (κ1) is 18.1. The van der Waals surface area contributed by atoms with Crippen molar-refractivity contribution in [2.24, 2.45) is 11.8 Å². The molecule has 0 aromatic heterocycles. The number of hydrogen-bond donors (Lipinski definition) is 3. The molecule has 1 saturated heterocycles. The molecule has 2 atom stereocenters. The number of aromatic hydroxyl groups is 2. The van der Waals surface area contributed by atoms with Gasteiger partial charge >= 0.3 is 5.97 Å². The van der Waals surface area contributed by atoms with Crippen LogP contribution in [0, 0.1) is 11.8 Å². The first-order chi connectivity index (χ1) is 12.5. The molecule has 0 saturated carbocycles. The Morgan fingerprint density at radius 1 is 1.08 bits per heavy atom. The smallest absolute Gasteiger partial charge is 0.309 e. The van der Waals surface area contributed by atoms with Crippen molar-refractivity contribution in [2.45, 2.75) is 19.4 Å². The van der Waals surface area contributed by atoms with Crippen molar-refractivity contribution in [3.8, 4) is 17.2 Å². The first-order valence-electron chi connectivity index (χ1n) is 8.46. The predicted octanol–water partition coefficient (Wildman–Crippen LogP) is 2.17. The number of aliphatic hydroxyl groups excluding tert-OH is 1. The number of methoxy groups -OCH3 is 1. The maximum atomic E-state index is 12.2. The Morgan fingerprint density at radius 2 is 1.77 bits per heavy atom. The van der Waals surface area contributed by atoms with E-state index in [0.29, 0.717) is 30.8 Å². The number of aliphatic hydroxyl groups is 1. The van der Waals surface area contributed by atoms with E-state index in [-0.39, 0.29) is 35.9 Å². The number of hydrogen-bond acceptors (Lipinski definition) is 6. The normalized spacial score (nSPS) is 19.4. The van der Waals surface area contributed by atoms with E-state index in [1.807, 2.05) is 0 Å². The van der Waals surface area contributed by atoms with E-state index >= 15 is 0 Å². The summed E-state index contributed by atoms with van der Waals surface area (Å²) in [5, 5.41) is 28.7. The highest BCUT2D eigenvalue weighted by atomic mass is 16.5. The summed E-state index contributed by atoms with van der Waals surface area (Å²) in [6, 6.07) is 10.1. The van der Waals surface area contributed by atoms with Crippen LogP contribution in [0.3, 0.4) is 0 Å². The fourth-order valence-corrected chi connectivity index (χ4v) is 3.35. The molecule has 138 valence electrons. The summed E-state index contributed by atoms with van der Waals surface area (Å²) in [5.74, 6) is -0.0427. The van der Waals surface area contributed by atoms with Gasteiger partial charge in [-0.05, 0) is 48.2 Å². The molecule has 3 N–H and O–H groups in total. The van der Waals surface area contributed by atoms with Gasteiger partial charge in [0.15, 0.2) is 11.5 Å². The molecule has 1 unspecified atom stereocenters. The van der Waals surface area contributed by atoms with Crippen molar-refractivity contribution in [3.05, 3.63) is 53.1 Å². The fourth-order valence-electron chi connectivity index (χ4n) is 3.35. The number of esters is 1. The number of carbonyl (C=O) groups is 1. The van der Waals surface area contributed by atoms with E-state index in [2.05, 4.69) is 0 Å². The molecule has 1 aliphatic heterocycles. The zero-order valence-electron chi connectivity index (χ0n) is 14.5. The van der Waals surface area contributed by atoms with Crippen LogP contribution in [-0.4, -0.2) is 35.0 Å². The maximum Gasteiger partial charge on any atom is 0.309 e. The standard InChI is InChI=1S/C20H22O6/c1-25-19-9-13(3-5-18(19)23)8-16-15(11-26-20(16)24)7-12-2-4-17(22)14(6-12)10-21/h2-6,9,15-16,21-23H,7-8,10-11H2,1H3/t15?,16-/m1/s1. The quantitative estimate of drug-likeness (QED) is 0.685. The number of benzene rings is 2. The number of phenols is 2. The Morgan fingerprint density at radius 3 is 2.46 bits per heavy atom. The van der Waals surface area contributed by atoms with Gasteiger partial charge in [0.05, 0.1) is 26.2 Å². The molecule has 3 rings (SSSR count). The number of cyclic esters (lactones) is 1. The van der Waals surface area contributed by atoms with Gasteiger partial charge in [-0.1, -0.05) is 12.1 Å². The van der Waals surface area contributed by atoms with Crippen LogP contribution < -0.4 is 4.74 Å². The second kappa shape index (κ2) is 7.66. The van der Waals surface area contributed by atoms with Crippen LogP contribution in [0.5, 0.6) is 17.2 Å². The third kappa shape index (κ3) is 3.75. The number of phenolic OH excluding ortho intramolecular Hbond substituents is 1. The van der Waals surface area contributed by atoms with E-state index in [4.69, 9.17) is 9.47 Å². The Hall–Kier alpha value is -2.73. The first-order valence-corrected chi connectivity index (χ1v) is 8.46. The highest BCUT2D eigenvalue weighted by Gasteiger charge is 2.37. The van der Waals surface area contributed by atoms with E-state index in [9.17, 15) is 20.1 Å². The SMILES string of the molecule is COc1cc(C[C@H]2C(=O)OCC2Cc2ccc(O)c(CO)c2)ccc1O. The van der Waals surface area contributed by atoms with Crippen molar-refractivity contribution >= 4 is 5.97 Å². The van der Waals surface area contributed by atoms with Crippen LogP contribution in [0.15, 0.2) is 36.4 Å². The largest absolute Gasteiger partial charge is 0.508 e. The number of rotatable bonds is 6. The molecule has 6 nitrogen and oxygen atoms in total. The molecule has 1 heterocycles. The van der Waals surface area contributed by atoms with Crippen molar-refractivity contribution in [3.63, 3.8) is 0 Å². The second-order valence-corrected chi connectivity index (χ2v) is 6.53. The molecule has 2 aromatic carbocycles. The maximum absolute atomic E-state index is 12.2. The summed E-state index contributed by atoms with van der Waals surface area (Å²) in [6.45, 7) is 0.102. The average molecular weight is 358 g/mol. The van der Waals surface area contributed by atoms with Gasteiger partial charge in [-0.25, -0.2) is 0 Å². The minimum Gasteiger partial charge on any atom is -0.508 e. The topological polar surface area (TPSA) is 96.2 Å². The van der Waals surface area contributed by atoms with Crippen LogP contribution in [0.1, 0.15) is 16.7 Å². The Kier molecular flexibility index (Phi) is 5.32. The third-order valence-corrected chi connectivity index (χ3v) is 4.82. The summed E-state index contributed by atoms with van der Waals surface area (Å²) >= 11 is 0. The highest BCUT2D eigenvalue weighted by molar-refractivity contribution is 5.75. The van der Waals surface area contributed by atoms with Gasteiger partial charge in [0, 0.05) is 11.5 Å². The molecule has 0 aliphatic carbocycles. The molecule has 1 fully saturated rings. The molecule has 0 bridgehead atoms. The molecule has 26 heavy (non-hydrogen) atoms. The Balaban J connectivity index is 1.76. The lowest BCUT2D eigenvalue weighted by Gasteiger charge is -2.16. The predicted molar refractivity (Wildman–Crippen MR) is 94.0 cm³/mol. The zero-order valence-corrected chi connectivity index (χ0v) is 14.5. The lowest BCUT2D eigenvalue weighted by Crippen LogP contribution is -2.20. The summed E-state index contributed by atoms with van der Waals surface area (Å²) in [6.07, 6.45) is 1.10. The molecular formula is C20H22O6. The monoisotopic (exact) mass is 358 g/mol. The van der Waals surface area contributed by atoms with Crippen molar-refractivity contribution < 1.29 is 29.6 Å². The Labute approximate surface area is 151 Å². The van der Waals surface area contributed by atoms with Crippen LogP contribution in [0.25, 0.3) is 0 Å². The number of ether oxygens (including phenoxy) is 2. The van der Waals surface area contributed by atoms with E-state index in [1.165, 1.54) is 7.11 Å². The molecule has 6 heteroatoms. The van der Waals surface area contributed by atoms with Crippen LogP contribution >= 0.6 is 0 Å². The minimum absolute atomic E-state index is 0.00150. The van der Waals surface area contributed by atoms with Crippen molar-refractivity contribution in [1.29, 1.82) is 0 Å². The van der Waals surface area contributed by atoms with E-state index < -0.39 is 0 Å². The number of carbonyl (C=O) groups excluding carboxylic acids is 1.